The van der Waals surface area contributed by atoms with Crippen LogP contribution in [0.3, 0.4) is 0 Å². The Morgan fingerprint density at radius 2 is 1.97 bits per heavy atom. The Bertz CT molecular complexity index is 854. The summed E-state index contributed by atoms with van der Waals surface area (Å²) in [7, 11) is 1.48. The number of carbonyl (C=O) groups is 1. The summed E-state index contributed by atoms with van der Waals surface area (Å²) in [6.07, 6.45) is 0.765. The molecular weight excluding hydrogens is 382 g/mol. The monoisotopic (exact) mass is 413 g/mol. The van der Waals surface area contributed by atoms with Gasteiger partial charge in [0.05, 0.1) is 20.1 Å². The summed E-state index contributed by atoms with van der Waals surface area (Å²) >= 11 is 0. The van der Waals surface area contributed by atoms with Crippen LogP contribution in [0.5, 0.6) is 17.2 Å². The summed E-state index contributed by atoms with van der Waals surface area (Å²) in [6.45, 7) is 4.96. The molecule has 0 spiro atoms. The summed E-state index contributed by atoms with van der Waals surface area (Å²) < 4.78 is 11.3. The number of aromatic hydroxyl groups is 1. The number of nitrogens with zero attached hydrogens (tertiary/aromatic N) is 1. The molecule has 1 amide bonds. The average Bonchev–Trinajstić information content (AvgIpc) is 2.71. The van der Waals surface area contributed by atoms with Crippen molar-refractivity contribution in [3.63, 3.8) is 0 Å². The number of para-hydroxylation sites is 1. The number of aliphatic hydroxyl groups is 1. The van der Waals surface area contributed by atoms with Crippen molar-refractivity contribution >= 4 is 5.91 Å². The van der Waals surface area contributed by atoms with Gasteiger partial charge < -0.3 is 24.6 Å². The molecule has 2 atom stereocenters. The Hall–Kier alpha value is -2.73. The maximum atomic E-state index is 13.0. The molecule has 30 heavy (non-hydrogen) atoms. The maximum absolute atomic E-state index is 13.0. The summed E-state index contributed by atoms with van der Waals surface area (Å²) in [4.78, 5) is 14.7. The maximum Gasteiger partial charge on any atom is 0.227 e. The molecule has 3 rings (SSSR count). The van der Waals surface area contributed by atoms with E-state index in [1.165, 1.54) is 13.2 Å². The number of amides is 1. The summed E-state index contributed by atoms with van der Waals surface area (Å²) in [5, 5.41) is 21.1. The lowest BCUT2D eigenvalue weighted by Crippen LogP contribution is -2.59. The molecular formula is C24H31NO5. The van der Waals surface area contributed by atoms with Crippen molar-refractivity contribution in [1.82, 2.24) is 4.90 Å². The molecule has 1 aliphatic rings. The lowest BCUT2D eigenvalue weighted by molar-refractivity contribution is -0.147. The van der Waals surface area contributed by atoms with Crippen molar-refractivity contribution < 1.29 is 24.5 Å². The molecule has 0 aliphatic carbocycles. The van der Waals surface area contributed by atoms with Crippen molar-refractivity contribution in [1.29, 1.82) is 0 Å². The van der Waals surface area contributed by atoms with E-state index in [9.17, 15) is 15.0 Å². The highest BCUT2D eigenvalue weighted by Gasteiger charge is 2.44. The number of phenols is 1. The first kappa shape index (κ1) is 22.0. The van der Waals surface area contributed by atoms with Crippen LogP contribution in [0.1, 0.15) is 32.3 Å². The second kappa shape index (κ2) is 9.39. The van der Waals surface area contributed by atoms with E-state index in [-0.39, 0.29) is 18.1 Å². The fraction of sp³-hybridized carbons (Fsp3) is 0.458. The number of hydrogen-bond donors (Lipinski definition) is 2. The van der Waals surface area contributed by atoms with Crippen molar-refractivity contribution in [2.75, 3.05) is 20.2 Å². The van der Waals surface area contributed by atoms with Crippen LogP contribution in [-0.4, -0.2) is 52.9 Å². The van der Waals surface area contributed by atoms with Crippen LogP contribution in [0, 0.1) is 5.92 Å². The van der Waals surface area contributed by atoms with Crippen LogP contribution in [0.15, 0.2) is 48.5 Å². The van der Waals surface area contributed by atoms with Gasteiger partial charge in [0.25, 0.3) is 0 Å². The van der Waals surface area contributed by atoms with Gasteiger partial charge in [-0.2, -0.15) is 0 Å². The number of benzene rings is 2. The first-order valence-corrected chi connectivity index (χ1v) is 10.4. The molecule has 0 aromatic heterocycles. The SMILES string of the molecule is COc1cc(CC(=O)N2CC[C@@](O)(CC(C)C)[C@@H](Oc3ccccc3)C2)ccc1O. The van der Waals surface area contributed by atoms with Gasteiger partial charge in [0.2, 0.25) is 5.91 Å². The zero-order valence-electron chi connectivity index (χ0n) is 17.9. The average molecular weight is 414 g/mol. The van der Waals surface area contributed by atoms with Crippen LogP contribution in [-0.2, 0) is 11.2 Å². The van der Waals surface area contributed by atoms with Gasteiger partial charge >= 0.3 is 0 Å². The van der Waals surface area contributed by atoms with E-state index in [1.54, 1.807) is 17.0 Å². The number of carbonyl (C=O) groups excluding carboxylic acids is 1. The van der Waals surface area contributed by atoms with Gasteiger partial charge in [-0.3, -0.25) is 4.79 Å². The molecule has 0 bridgehead atoms. The van der Waals surface area contributed by atoms with Gasteiger partial charge in [0, 0.05) is 6.54 Å². The van der Waals surface area contributed by atoms with Gasteiger partial charge in [-0.05, 0) is 48.6 Å². The molecule has 0 unspecified atom stereocenters. The largest absolute Gasteiger partial charge is 0.504 e. The van der Waals surface area contributed by atoms with Crippen molar-refractivity contribution in [3.05, 3.63) is 54.1 Å². The molecule has 2 N–H and O–H groups in total. The summed E-state index contributed by atoms with van der Waals surface area (Å²) in [5.74, 6) is 1.33. The molecule has 162 valence electrons. The smallest absolute Gasteiger partial charge is 0.227 e. The number of ether oxygens (including phenoxy) is 2. The molecule has 1 heterocycles. The fourth-order valence-corrected chi connectivity index (χ4v) is 4.05. The molecule has 6 heteroatoms. The van der Waals surface area contributed by atoms with E-state index in [2.05, 4.69) is 13.8 Å². The highest BCUT2D eigenvalue weighted by molar-refractivity contribution is 5.79. The molecule has 0 radical (unpaired) electrons. The van der Waals surface area contributed by atoms with Gasteiger partial charge in [-0.1, -0.05) is 38.1 Å². The van der Waals surface area contributed by atoms with Gasteiger partial charge in [-0.25, -0.2) is 0 Å². The summed E-state index contributed by atoms with van der Waals surface area (Å²) in [5.41, 5.74) is -0.221. The van der Waals surface area contributed by atoms with E-state index in [4.69, 9.17) is 9.47 Å². The number of methoxy groups -OCH3 is 1. The third-order valence-electron chi connectivity index (χ3n) is 5.54. The Kier molecular flexibility index (Phi) is 6.87. The zero-order chi connectivity index (χ0) is 21.7. The predicted molar refractivity (Wildman–Crippen MR) is 115 cm³/mol. The number of piperidine rings is 1. The zero-order valence-corrected chi connectivity index (χ0v) is 17.9. The van der Waals surface area contributed by atoms with Gasteiger partial charge in [0.1, 0.15) is 17.5 Å². The minimum absolute atomic E-state index is 0.0433. The van der Waals surface area contributed by atoms with Crippen LogP contribution in [0.4, 0.5) is 0 Å². The van der Waals surface area contributed by atoms with E-state index in [0.29, 0.717) is 43.3 Å². The molecule has 1 saturated heterocycles. The Labute approximate surface area is 178 Å². The minimum Gasteiger partial charge on any atom is -0.504 e. The predicted octanol–water partition coefficient (Wildman–Crippen LogP) is 3.40. The Balaban J connectivity index is 1.74. The van der Waals surface area contributed by atoms with Gasteiger partial charge in [-0.15, -0.1) is 0 Å². The van der Waals surface area contributed by atoms with E-state index in [1.807, 2.05) is 30.3 Å². The second-order valence-electron chi connectivity index (χ2n) is 8.39. The van der Waals surface area contributed by atoms with Crippen molar-refractivity contribution in [2.45, 2.75) is 44.8 Å². The molecule has 1 fully saturated rings. The van der Waals surface area contributed by atoms with Crippen LogP contribution in [0.2, 0.25) is 0 Å². The lowest BCUT2D eigenvalue weighted by atomic mass is 9.81. The number of phenolic OH excluding ortho intramolecular Hbond substituents is 1. The summed E-state index contributed by atoms with van der Waals surface area (Å²) in [6, 6.07) is 14.3. The van der Waals surface area contributed by atoms with Crippen LogP contribution >= 0.6 is 0 Å². The number of likely N-dealkylation sites (tertiary alicyclic amines) is 1. The molecule has 0 saturated carbocycles. The van der Waals surface area contributed by atoms with Gasteiger partial charge in [0.15, 0.2) is 11.5 Å². The van der Waals surface area contributed by atoms with Crippen molar-refractivity contribution in [2.24, 2.45) is 5.92 Å². The third-order valence-corrected chi connectivity index (χ3v) is 5.54. The molecule has 1 aliphatic heterocycles. The Morgan fingerprint density at radius 1 is 1.23 bits per heavy atom. The van der Waals surface area contributed by atoms with Crippen LogP contribution in [0.25, 0.3) is 0 Å². The highest BCUT2D eigenvalue weighted by Crippen LogP contribution is 2.33. The first-order valence-electron chi connectivity index (χ1n) is 10.4. The highest BCUT2D eigenvalue weighted by atomic mass is 16.5. The van der Waals surface area contributed by atoms with E-state index < -0.39 is 11.7 Å². The Morgan fingerprint density at radius 3 is 2.63 bits per heavy atom. The van der Waals surface area contributed by atoms with E-state index >= 15 is 0 Å². The molecule has 6 nitrogen and oxygen atoms in total. The third kappa shape index (κ3) is 5.25. The molecule has 2 aromatic rings. The first-order chi connectivity index (χ1) is 14.3. The number of rotatable bonds is 7. The minimum atomic E-state index is -0.984. The fourth-order valence-electron chi connectivity index (χ4n) is 4.05. The van der Waals surface area contributed by atoms with E-state index in [0.717, 1.165) is 5.56 Å². The topological polar surface area (TPSA) is 79.2 Å². The second-order valence-corrected chi connectivity index (χ2v) is 8.39. The normalized spacial score (nSPS) is 21.5. The number of hydrogen-bond acceptors (Lipinski definition) is 5. The van der Waals surface area contributed by atoms with Crippen molar-refractivity contribution in [3.8, 4) is 17.2 Å². The lowest BCUT2D eigenvalue weighted by Gasteiger charge is -2.45. The quantitative estimate of drug-likeness (QED) is 0.727. The van der Waals surface area contributed by atoms with Crippen LogP contribution < -0.4 is 9.47 Å². The molecule has 2 aromatic carbocycles. The standard InChI is InChI=1S/C24H31NO5/c1-17(2)15-24(28)11-12-25(16-22(24)30-19-7-5-4-6-8-19)23(27)14-18-9-10-20(26)21(13-18)29-3/h4-10,13,17,22,26,28H,11-12,14-16H2,1-3H3/t22-,24+/m0/s1.